The molecular formula is C16H26N2OS. The van der Waals surface area contributed by atoms with Crippen molar-refractivity contribution in [3.63, 3.8) is 0 Å². The largest absolute Gasteiger partial charge is 0.355 e. The number of nitrogens with two attached hydrogens (primary N) is 1. The van der Waals surface area contributed by atoms with Crippen LogP contribution in [0.3, 0.4) is 0 Å². The third-order valence-electron chi connectivity index (χ3n) is 3.37. The van der Waals surface area contributed by atoms with E-state index in [1.807, 2.05) is 18.2 Å². The number of thioether (sulfide) groups is 1. The molecule has 0 fully saturated rings. The Kier molecular flexibility index (Phi) is 9.16. The number of carbonyl (C=O) groups excluding carboxylic acids is 1. The lowest BCUT2D eigenvalue weighted by atomic mass is 9.96. The van der Waals surface area contributed by atoms with Crippen molar-refractivity contribution in [1.29, 1.82) is 0 Å². The predicted octanol–water partition coefficient (Wildman–Crippen LogP) is 3.05. The van der Waals surface area contributed by atoms with Crippen LogP contribution in [0.1, 0.15) is 32.6 Å². The summed E-state index contributed by atoms with van der Waals surface area (Å²) in [7, 11) is 0. The van der Waals surface area contributed by atoms with E-state index in [1.54, 1.807) is 11.8 Å². The second-order valence-corrected chi connectivity index (χ2v) is 6.07. The van der Waals surface area contributed by atoms with Crippen LogP contribution in [-0.4, -0.2) is 24.7 Å². The molecule has 4 heteroatoms. The summed E-state index contributed by atoms with van der Waals surface area (Å²) in [5, 5.41) is 2.98. The molecule has 1 amide bonds. The maximum absolute atomic E-state index is 11.7. The highest BCUT2D eigenvalue weighted by Gasteiger charge is 2.08. The van der Waals surface area contributed by atoms with Crippen LogP contribution in [-0.2, 0) is 4.79 Å². The molecule has 0 saturated heterocycles. The summed E-state index contributed by atoms with van der Waals surface area (Å²) < 4.78 is 0. The molecule has 1 rings (SSSR count). The molecule has 0 spiro atoms. The molecule has 0 heterocycles. The van der Waals surface area contributed by atoms with E-state index in [0.717, 1.165) is 31.6 Å². The molecule has 3 N–H and O–H groups in total. The van der Waals surface area contributed by atoms with Gasteiger partial charge >= 0.3 is 0 Å². The fraction of sp³-hybridized carbons (Fsp3) is 0.562. The van der Waals surface area contributed by atoms with Gasteiger partial charge in [-0.25, -0.2) is 0 Å². The van der Waals surface area contributed by atoms with Crippen molar-refractivity contribution in [2.75, 3.05) is 18.8 Å². The standard InChI is InChI=1S/C16H26N2OS/c1-2-14(10-11-17)8-9-16(19)18-12-13-20-15-6-4-3-5-7-15/h3-7,14H,2,8-13,17H2,1H3,(H,18,19). The topological polar surface area (TPSA) is 55.1 Å². The number of benzene rings is 1. The third-order valence-corrected chi connectivity index (χ3v) is 4.38. The van der Waals surface area contributed by atoms with Crippen LogP contribution in [0.25, 0.3) is 0 Å². The first-order chi connectivity index (χ1) is 9.76. The second kappa shape index (κ2) is 10.7. The molecule has 112 valence electrons. The fourth-order valence-electron chi connectivity index (χ4n) is 2.09. The first-order valence-corrected chi connectivity index (χ1v) is 8.39. The van der Waals surface area contributed by atoms with Gasteiger partial charge in [0, 0.05) is 23.6 Å². The minimum absolute atomic E-state index is 0.161. The molecule has 3 nitrogen and oxygen atoms in total. The first-order valence-electron chi connectivity index (χ1n) is 7.40. The van der Waals surface area contributed by atoms with E-state index in [9.17, 15) is 4.79 Å². The fourth-order valence-corrected chi connectivity index (χ4v) is 2.88. The molecule has 1 atom stereocenters. The van der Waals surface area contributed by atoms with Gasteiger partial charge in [-0.2, -0.15) is 0 Å². The lowest BCUT2D eigenvalue weighted by Gasteiger charge is -2.13. The number of hydrogen-bond acceptors (Lipinski definition) is 3. The SMILES string of the molecule is CCC(CCN)CCC(=O)NCCSc1ccccc1. The summed E-state index contributed by atoms with van der Waals surface area (Å²) >= 11 is 1.77. The van der Waals surface area contributed by atoms with E-state index in [1.165, 1.54) is 4.90 Å². The van der Waals surface area contributed by atoms with Gasteiger partial charge < -0.3 is 11.1 Å². The quantitative estimate of drug-likeness (QED) is 0.515. The summed E-state index contributed by atoms with van der Waals surface area (Å²) in [4.78, 5) is 13.0. The zero-order valence-electron chi connectivity index (χ0n) is 12.3. The summed E-state index contributed by atoms with van der Waals surface area (Å²) in [5.41, 5.74) is 5.56. The molecular weight excluding hydrogens is 268 g/mol. The van der Waals surface area contributed by atoms with E-state index in [2.05, 4.69) is 24.4 Å². The van der Waals surface area contributed by atoms with Crippen LogP contribution in [0, 0.1) is 5.92 Å². The lowest BCUT2D eigenvalue weighted by Crippen LogP contribution is -2.26. The van der Waals surface area contributed by atoms with E-state index in [-0.39, 0.29) is 5.91 Å². The Balaban J connectivity index is 2.08. The Morgan fingerprint density at radius 3 is 2.70 bits per heavy atom. The maximum atomic E-state index is 11.7. The molecule has 0 aliphatic heterocycles. The molecule has 0 radical (unpaired) electrons. The van der Waals surface area contributed by atoms with E-state index >= 15 is 0 Å². The van der Waals surface area contributed by atoms with E-state index < -0.39 is 0 Å². The summed E-state index contributed by atoms with van der Waals surface area (Å²) in [6.45, 7) is 3.61. The average Bonchev–Trinajstić information content (AvgIpc) is 2.49. The van der Waals surface area contributed by atoms with Crippen molar-refractivity contribution >= 4 is 17.7 Å². The summed E-state index contributed by atoms with van der Waals surface area (Å²) in [5.74, 6) is 1.66. The van der Waals surface area contributed by atoms with Gasteiger partial charge in [-0.15, -0.1) is 11.8 Å². The summed E-state index contributed by atoms with van der Waals surface area (Å²) in [6.07, 6.45) is 3.70. The monoisotopic (exact) mass is 294 g/mol. The molecule has 1 unspecified atom stereocenters. The van der Waals surface area contributed by atoms with Crippen LogP contribution in [0.5, 0.6) is 0 Å². The number of carbonyl (C=O) groups is 1. The zero-order chi connectivity index (χ0) is 14.6. The normalized spacial score (nSPS) is 12.1. The van der Waals surface area contributed by atoms with Crippen molar-refractivity contribution in [3.05, 3.63) is 30.3 Å². The summed E-state index contributed by atoms with van der Waals surface area (Å²) in [6, 6.07) is 10.3. The number of rotatable bonds is 10. The molecule has 1 aromatic carbocycles. The van der Waals surface area contributed by atoms with Gasteiger partial charge in [-0.05, 0) is 37.4 Å². The molecule has 0 aliphatic rings. The van der Waals surface area contributed by atoms with Crippen molar-refractivity contribution in [3.8, 4) is 0 Å². The molecule has 1 aromatic rings. The molecule has 0 saturated carbocycles. The first kappa shape index (κ1) is 17.1. The van der Waals surface area contributed by atoms with Gasteiger partial charge in [0.25, 0.3) is 0 Å². The zero-order valence-corrected chi connectivity index (χ0v) is 13.1. The van der Waals surface area contributed by atoms with E-state index in [4.69, 9.17) is 5.73 Å². The van der Waals surface area contributed by atoms with E-state index in [0.29, 0.717) is 18.9 Å². The number of nitrogens with one attached hydrogen (secondary N) is 1. The average molecular weight is 294 g/mol. The van der Waals surface area contributed by atoms with Crippen LogP contribution < -0.4 is 11.1 Å². The molecule has 0 bridgehead atoms. The highest BCUT2D eigenvalue weighted by atomic mass is 32.2. The van der Waals surface area contributed by atoms with Crippen molar-refractivity contribution < 1.29 is 4.79 Å². The van der Waals surface area contributed by atoms with Gasteiger partial charge in [-0.1, -0.05) is 31.5 Å². The Morgan fingerprint density at radius 2 is 2.05 bits per heavy atom. The second-order valence-electron chi connectivity index (χ2n) is 4.90. The Morgan fingerprint density at radius 1 is 1.30 bits per heavy atom. The van der Waals surface area contributed by atoms with Crippen molar-refractivity contribution in [2.45, 2.75) is 37.5 Å². The van der Waals surface area contributed by atoms with Crippen molar-refractivity contribution in [2.24, 2.45) is 11.7 Å². The maximum Gasteiger partial charge on any atom is 0.220 e. The minimum atomic E-state index is 0.161. The van der Waals surface area contributed by atoms with Crippen LogP contribution >= 0.6 is 11.8 Å². The third kappa shape index (κ3) is 7.56. The minimum Gasteiger partial charge on any atom is -0.355 e. The van der Waals surface area contributed by atoms with Crippen LogP contribution in [0.15, 0.2) is 35.2 Å². The van der Waals surface area contributed by atoms with Crippen molar-refractivity contribution in [1.82, 2.24) is 5.32 Å². The van der Waals surface area contributed by atoms with Gasteiger partial charge in [-0.3, -0.25) is 4.79 Å². The number of hydrogen-bond donors (Lipinski definition) is 2. The predicted molar refractivity (Wildman–Crippen MR) is 86.9 cm³/mol. The number of amides is 1. The molecule has 0 aliphatic carbocycles. The molecule has 0 aromatic heterocycles. The van der Waals surface area contributed by atoms with Gasteiger partial charge in [0.15, 0.2) is 0 Å². The highest BCUT2D eigenvalue weighted by Crippen LogP contribution is 2.16. The smallest absolute Gasteiger partial charge is 0.220 e. The lowest BCUT2D eigenvalue weighted by molar-refractivity contribution is -0.121. The Hall–Kier alpha value is -1.00. The Bertz CT molecular complexity index is 370. The Labute approximate surface area is 126 Å². The van der Waals surface area contributed by atoms with Crippen LogP contribution in [0.2, 0.25) is 0 Å². The van der Waals surface area contributed by atoms with Gasteiger partial charge in [0.2, 0.25) is 5.91 Å². The van der Waals surface area contributed by atoms with Gasteiger partial charge in [0.1, 0.15) is 0 Å². The van der Waals surface area contributed by atoms with Crippen LogP contribution in [0.4, 0.5) is 0 Å². The van der Waals surface area contributed by atoms with Gasteiger partial charge in [0.05, 0.1) is 0 Å². The molecule has 20 heavy (non-hydrogen) atoms. The highest BCUT2D eigenvalue weighted by molar-refractivity contribution is 7.99.